The molecule has 27 heavy (non-hydrogen) atoms. The smallest absolute Gasteiger partial charge is 0.341 e. The molecule has 0 amide bonds. The number of thioether (sulfide) groups is 1. The summed E-state index contributed by atoms with van der Waals surface area (Å²) >= 11 is 1.72. The van der Waals surface area contributed by atoms with E-state index >= 15 is 0 Å². The van der Waals surface area contributed by atoms with Gasteiger partial charge >= 0.3 is 5.97 Å². The molecule has 1 aliphatic heterocycles. The highest BCUT2D eigenvalue weighted by Crippen LogP contribution is 2.45. The molecule has 1 unspecified atom stereocenters. The van der Waals surface area contributed by atoms with E-state index in [0.717, 1.165) is 11.4 Å². The third-order valence-electron chi connectivity index (χ3n) is 4.03. The molecule has 136 valence electrons. The Balaban J connectivity index is 1.47. The Morgan fingerprint density at radius 3 is 2.67 bits per heavy atom. The number of para-hydroxylation sites is 1. The van der Waals surface area contributed by atoms with E-state index in [0.29, 0.717) is 5.75 Å². The summed E-state index contributed by atoms with van der Waals surface area (Å²) in [6.07, 6.45) is 1.50. The molecule has 3 N–H and O–H groups in total. The number of aromatic nitrogens is 1. The van der Waals surface area contributed by atoms with Gasteiger partial charge in [0.05, 0.1) is 5.69 Å². The fourth-order valence-electron chi connectivity index (χ4n) is 2.85. The fraction of sp³-hybridized carbons (Fsp3) is 0.100. The third-order valence-corrected chi connectivity index (χ3v) is 5.22. The first-order valence-electron chi connectivity index (χ1n) is 8.33. The molecule has 0 fully saturated rings. The van der Waals surface area contributed by atoms with Crippen molar-refractivity contribution in [3.8, 4) is 11.6 Å². The van der Waals surface area contributed by atoms with Gasteiger partial charge < -0.3 is 20.5 Å². The lowest BCUT2D eigenvalue weighted by atomic mass is 10.2. The molecule has 7 heteroatoms. The van der Waals surface area contributed by atoms with E-state index < -0.39 is 5.97 Å². The maximum atomic E-state index is 11.2. The lowest BCUT2D eigenvalue weighted by Crippen LogP contribution is -2.36. The number of fused-ring (bicyclic) bond motifs is 1. The average Bonchev–Trinajstić information content (AvgIpc) is 2.99. The Morgan fingerprint density at radius 2 is 1.93 bits per heavy atom. The topological polar surface area (TPSA) is 83.5 Å². The number of hydrogen-bond acceptors (Lipinski definition) is 6. The van der Waals surface area contributed by atoms with Gasteiger partial charge in [0.1, 0.15) is 11.3 Å². The molecule has 0 bridgehead atoms. The number of carboxylic acids is 1. The summed E-state index contributed by atoms with van der Waals surface area (Å²) in [5.41, 5.74) is 2.04. The van der Waals surface area contributed by atoms with Crippen LogP contribution < -0.4 is 15.4 Å². The first-order valence-corrected chi connectivity index (χ1v) is 9.15. The lowest BCUT2D eigenvalue weighted by molar-refractivity contribution is 0.0693. The molecule has 0 spiro atoms. The lowest BCUT2D eigenvalue weighted by Gasteiger charge is -2.27. The Bertz CT molecular complexity index is 967. The summed E-state index contributed by atoms with van der Waals surface area (Å²) in [6.45, 7) is 2.08. The van der Waals surface area contributed by atoms with Gasteiger partial charge in [-0.3, -0.25) is 0 Å². The number of nitrogens with one attached hydrogen (secondary N) is 2. The fourth-order valence-corrected chi connectivity index (χ4v) is 3.99. The van der Waals surface area contributed by atoms with E-state index in [1.165, 1.54) is 17.2 Å². The SMILES string of the molecule is CC1(Nc2ccc(Oc3ncccc3C(=O)O)cc2)Nc2ccccc2S1. The second-order valence-electron chi connectivity index (χ2n) is 6.17. The Labute approximate surface area is 160 Å². The summed E-state index contributed by atoms with van der Waals surface area (Å²) in [5.74, 6) is -0.489. The van der Waals surface area contributed by atoms with E-state index in [9.17, 15) is 9.90 Å². The third kappa shape index (κ3) is 3.68. The zero-order valence-electron chi connectivity index (χ0n) is 14.5. The highest BCUT2D eigenvalue weighted by atomic mass is 32.2. The molecule has 1 aliphatic rings. The van der Waals surface area contributed by atoms with Crippen LogP contribution in [0.15, 0.2) is 71.8 Å². The molecular weight excluding hydrogens is 362 g/mol. The minimum atomic E-state index is -1.08. The molecule has 1 aromatic heterocycles. The van der Waals surface area contributed by atoms with Gasteiger partial charge in [0, 0.05) is 16.8 Å². The van der Waals surface area contributed by atoms with Crippen molar-refractivity contribution in [1.82, 2.24) is 4.98 Å². The zero-order chi connectivity index (χ0) is 18.9. The van der Waals surface area contributed by atoms with Crippen LogP contribution in [-0.2, 0) is 0 Å². The van der Waals surface area contributed by atoms with Crippen molar-refractivity contribution in [2.75, 3.05) is 10.6 Å². The Kier molecular flexibility index (Phi) is 4.37. The quantitative estimate of drug-likeness (QED) is 0.583. The van der Waals surface area contributed by atoms with Gasteiger partial charge in [-0.2, -0.15) is 0 Å². The number of benzene rings is 2. The summed E-state index contributed by atoms with van der Waals surface area (Å²) in [4.78, 5) is 16.1. The van der Waals surface area contributed by atoms with Gasteiger partial charge in [-0.1, -0.05) is 23.9 Å². The number of carbonyl (C=O) groups is 1. The summed E-state index contributed by atoms with van der Waals surface area (Å²) in [7, 11) is 0. The molecule has 0 aliphatic carbocycles. The van der Waals surface area contributed by atoms with Gasteiger partial charge in [0.15, 0.2) is 4.99 Å². The molecule has 6 nitrogen and oxygen atoms in total. The molecule has 0 radical (unpaired) electrons. The van der Waals surface area contributed by atoms with E-state index in [1.54, 1.807) is 30.0 Å². The predicted molar refractivity (Wildman–Crippen MR) is 106 cm³/mol. The van der Waals surface area contributed by atoms with Crippen LogP contribution in [0.25, 0.3) is 0 Å². The summed E-state index contributed by atoms with van der Waals surface area (Å²) < 4.78 is 5.63. The van der Waals surface area contributed by atoms with Crippen LogP contribution in [-0.4, -0.2) is 21.1 Å². The van der Waals surface area contributed by atoms with Crippen molar-refractivity contribution < 1.29 is 14.6 Å². The Hall–Kier alpha value is -3.19. The number of anilines is 2. The standard InChI is InChI=1S/C20H17N3O3S/c1-20(23-16-6-2-3-7-17(16)27-20)22-13-8-10-14(11-9-13)26-18-15(19(24)25)5-4-12-21-18/h2-12,22-23H,1H3,(H,24,25). The van der Waals surface area contributed by atoms with Gasteiger partial charge in [0.25, 0.3) is 0 Å². The van der Waals surface area contributed by atoms with E-state index in [1.807, 2.05) is 24.3 Å². The van der Waals surface area contributed by atoms with Crippen molar-refractivity contribution >= 4 is 29.1 Å². The first kappa shape index (κ1) is 17.2. The molecule has 4 rings (SSSR count). The number of nitrogens with zero attached hydrogens (tertiary/aromatic N) is 1. The molecule has 2 aromatic carbocycles. The number of pyridine rings is 1. The molecule has 1 atom stereocenters. The number of aromatic carboxylic acids is 1. The molecular formula is C20H17N3O3S. The highest BCUT2D eigenvalue weighted by Gasteiger charge is 2.32. The normalized spacial score (nSPS) is 17.7. The minimum absolute atomic E-state index is 0.0246. The predicted octanol–water partition coefficient (Wildman–Crippen LogP) is 4.88. The van der Waals surface area contributed by atoms with Crippen molar-refractivity contribution in [3.63, 3.8) is 0 Å². The van der Waals surface area contributed by atoms with Gasteiger partial charge in [0.2, 0.25) is 5.88 Å². The minimum Gasteiger partial charge on any atom is -0.477 e. The van der Waals surface area contributed by atoms with Gasteiger partial charge in [-0.15, -0.1) is 0 Å². The van der Waals surface area contributed by atoms with E-state index in [-0.39, 0.29) is 16.4 Å². The maximum absolute atomic E-state index is 11.2. The van der Waals surface area contributed by atoms with Crippen molar-refractivity contribution in [2.24, 2.45) is 0 Å². The number of hydrogen-bond donors (Lipinski definition) is 3. The largest absolute Gasteiger partial charge is 0.477 e. The van der Waals surface area contributed by atoms with Gasteiger partial charge in [-0.05, 0) is 55.5 Å². The van der Waals surface area contributed by atoms with Crippen molar-refractivity contribution in [2.45, 2.75) is 16.8 Å². The van der Waals surface area contributed by atoms with Crippen LogP contribution in [0.2, 0.25) is 0 Å². The second-order valence-corrected chi connectivity index (χ2v) is 7.63. The van der Waals surface area contributed by atoms with Crippen LogP contribution in [0.3, 0.4) is 0 Å². The van der Waals surface area contributed by atoms with Crippen LogP contribution in [0, 0.1) is 0 Å². The average molecular weight is 379 g/mol. The second kappa shape index (κ2) is 6.85. The first-order chi connectivity index (χ1) is 13.0. The summed E-state index contributed by atoms with van der Waals surface area (Å²) in [6, 6.07) is 18.5. The molecule has 3 aromatic rings. The van der Waals surface area contributed by atoms with Crippen LogP contribution in [0.1, 0.15) is 17.3 Å². The molecule has 0 saturated heterocycles. The van der Waals surface area contributed by atoms with Crippen LogP contribution in [0.4, 0.5) is 11.4 Å². The van der Waals surface area contributed by atoms with Crippen molar-refractivity contribution in [3.05, 3.63) is 72.4 Å². The van der Waals surface area contributed by atoms with Crippen LogP contribution in [0.5, 0.6) is 11.6 Å². The number of carboxylic acid groups (broad SMARTS) is 1. The Morgan fingerprint density at radius 1 is 1.15 bits per heavy atom. The summed E-state index contributed by atoms with van der Waals surface area (Å²) in [5, 5.41) is 16.2. The number of ether oxygens (including phenoxy) is 1. The van der Waals surface area contributed by atoms with E-state index in [2.05, 4.69) is 34.7 Å². The molecule has 0 saturated carbocycles. The highest BCUT2D eigenvalue weighted by molar-refractivity contribution is 8.01. The molecule has 2 heterocycles. The monoisotopic (exact) mass is 379 g/mol. The van der Waals surface area contributed by atoms with Crippen molar-refractivity contribution in [1.29, 1.82) is 0 Å². The van der Waals surface area contributed by atoms with E-state index in [4.69, 9.17) is 4.74 Å². The van der Waals surface area contributed by atoms with Gasteiger partial charge in [-0.25, -0.2) is 9.78 Å². The van der Waals surface area contributed by atoms with Crippen LogP contribution >= 0.6 is 11.8 Å². The zero-order valence-corrected chi connectivity index (χ0v) is 15.3. The number of rotatable bonds is 5. The maximum Gasteiger partial charge on any atom is 0.341 e.